The molecule has 1 aromatic heterocycles. The van der Waals surface area contributed by atoms with Crippen molar-refractivity contribution in [3.05, 3.63) is 60.3 Å². The van der Waals surface area contributed by atoms with E-state index in [2.05, 4.69) is 15.3 Å². The third-order valence-corrected chi connectivity index (χ3v) is 4.67. The summed E-state index contributed by atoms with van der Waals surface area (Å²) < 4.78 is 16.2. The minimum absolute atomic E-state index is 0.0796. The Morgan fingerprint density at radius 1 is 1.10 bits per heavy atom. The molecule has 3 rings (SSSR count). The molecule has 0 aliphatic heterocycles. The molecule has 8 nitrogen and oxygen atoms in total. The molecule has 2 aromatic carbocycles. The average molecular weight is 422 g/mol. The van der Waals surface area contributed by atoms with Crippen molar-refractivity contribution >= 4 is 23.4 Å². The number of carbonyl (C=O) groups is 1. The number of benzene rings is 2. The number of nitrogens with zero attached hydrogens (tertiary/aromatic N) is 3. The average Bonchev–Trinajstić information content (AvgIpc) is 2.78. The first-order valence-electron chi connectivity index (χ1n) is 8.77. The highest BCUT2D eigenvalue weighted by Crippen LogP contribution is 2.30. The Morgan fingerprint density at radius 3 is 2.50 bits per heavy atom. The fourth-order valence-corrected chi connectivity index (χ4v) is 3.04. The van der Waals surface area contributed by atoms with Crippen LogP contribution in [-0.2, 0) is 4.79 Å². The summed E-state index contributed by atoms with van der Waals surface area (Å²) in [5.74, 6) is 1.79. The highest BCUT2D eigenvalue weighted by Gasteiger charge is 2.10. The van der Waals surface area contributed by atoms with Gasteiger partial charge in [0.05, 0.1) is 31.2 Å². The van der Waals surface area contributed by atoms with E-state index in [0.29, 0.717) is 39.5 Å². The number of carbonyl (C=O) groups excluding carboxylic acids is 1. The minimum atomic E-state index is -0.268. The lowest BCUT2D eigenvalue weighted by Gasteiger charge is -2.10. The molecule has 1 N–H and O–H groups in total. The van der Waals surface area contributed by atoms with E-state index in [1.165, 1.54) is 0 Å². The zero-order valence-electron chi connectivity index (χ0n) is 16.3. The van der Waals surface area contributed by atoms with Crippen molar-refractivity contribution in [1.82, 2.24) is 9.97 Å². The molecule has 152 valence electrons. The molecule has 1 heterocycles. The first-order chi connectivity index (χ1) is 14.6. The van der Waals surface area contributed by atoms with E-state index in [9.17, 15) is 4.79 Å². The minimum Gasteiger partial charge on any atom is -0.496 e. The smallest absolute Gasteiger partial charge is 0.234 e. The Morgan fingerprint density at radius 2 is 1.80 bits per heavy atom. The number of nitriles is 1. The van der Waals surface area contributed by atoms with Crippen molar-refractivity contribution in [3.8, 4) is 29.2 Å². The number of anilines is 1. The van der Waals surface area contributed by atoms with E-state index < -0.39 is 0 Å². The van der Waals surface area contributed by atoms with Crippen LogP contribution < -0.4 is 19.5 Å². The van der Waals surface area contributed by atoms with Crippen molar-refractivity contribution in [2.75, 3.05) is 25.3 Å². The van der Waals surface area contributed by atoms with Gasteiger partial charge in [0.25, 0.3) is 0 Å². The molecule has 0 aliphatic rings. The summed E-state index contributed by atoms with van der Waals surface area (Å²) >= 11 is 1.15. The van der Waals surface area contributed by atoms with Crippen LogP contribution in [0, 0.1) is 11.3 Å². The summed E-state index contributed by atoms with van der Waals surface area (Å²) in [5, 5.41) is 12.2. The molecule has 30 heavy (non-hydrogen) atoms. The summed E-state index contributed by atoms with van der Waals surface area (Å²) in [7, 11) is 3.11. The molecule has 1 amide bonds. The molecule has 0 unspecified atom stereocenters. The summed E-state index contributed by atoms with van der Waals surface area (Å²) in [6, 6.07) is 15.6. The fraction of sp³-hybridized carbons (Fsp3) is 0.143. The molecule has 0 bridgehead atoms. The van der Waals surface area contributed by atoms with Gasteiger partial charge in [-0.3, -0.25) is 4.79 Å². The van der Waals surface area contributed by atoms with Crippen LogP contribution in [0.15, 0.2) is 59.9 Å². The third-order valence-electron chi connectivity index (χ3n) is 3.81. The van der Waals surface area contributed by atoms with E-state index in [1.807, 2.05) is 6.07 Å². The summed E-state index contributed by atoms with van der Waals surface area (Å²) in [5.41, 5.74) is 0.867. The Kier molecular flexibility index (Phi) is 7.08. The molecule has 3 aromatic rings. The Balaban J connectivity index is 1.63. The molecule has 0 saturated carbocycles. The molecule has 9 heteroatoms. The number of hydrogen-bond acceptors (Lipinski definition) is 8. The maximum atomic E-state index is 12.2. The van der Waals surface area contributed by atoms with Crippen LogP contribution in [0.4, 0.5) is 5.69 Å². The summed E-state index contributed by atoms with van der Waals surface area (Å²) in [6.45, 7) is 0. The SMILES string of the molecule is COc1cc(OC)cc(Oc2ccnc(SCC(=O)Nc3ccccc3C#N)n2)c1. The third kappa shape index (κ3) is 5.62. The molecule has 0 atom stereocenters. The van der Waals surface area contributed by atoms with Gasteiger partial charge in [-0.25, -0.2) is 4.98 Å². The van der Waals surface area contributed by atoms with Crippen molar-refractivity contribution in [1.29, 1.82) is 5.26 Å². The van der Waals surface area contributed by atoms with Gasteiger partial charge in [0.1, 0.15) is 23.3 Å². The Hall–Kier alpha value is -3.77. The predicted molar refractivity (Wildman–Crippen MR) is 112 cm³/mol. The molecule has 0 spiro atoms. The lowest BCUT2D eigenvalue weighted by molar-refractivity contribution is -0.113. The number of hydrogen-bond donors (Lipinski definition) is 1. The normalized spacial score (nSPS) is 10.0. The van der Waals surface area contributed by atoms with E-state index in [1.54, 1.807) is 68.9 Å². The summed E-state index contributed by atoms with van der Waals surface area (Å²) in [6.07, 6.45) is 1.55. The van der Waals surface area contributed by atoms with Crippen LogP contribution >= 0.6 is 11.8 Å². The molecular formula is C21H18N4O4S. The number of ether oxygens (including phenoxy) is 3. The van der Waals surface area contributed by atoms with E-state index >= 15 is 0 Å². The maximum absolute atomic E-state index is 12.2. The number of rotatable bonds is 8. The second-order valence-electron chi connectivity index (χ2n) is 5.82. The van der Waals surface area contributed by atoms with E-state index in [4.69, 9.17) is 19.5 Å². The van der Waals surface area contributed by atoms with Gasteiger partial charge >= 0.3 is 0 Å². The summed E-state index contributed by atoms with van der Waals surface area (Å²) in [4.78, 5) is 20.7. The van der Waals surface area contributed by atoms with Crippen molar-refractivity contribution in [3.63, 3.8) is 0 Å². The number of thioether (sulfide) groups is 1. The van der Waals surface area contributed by atoms with Gasteiger partial charge in [-0.05, 0) is 12.1 Å². The highest BCUT2D eigenvalue weighted by molar-refractivity contribution is 7.99. The van der Waals surface area contributed by atoms with Crippen LogP contribution in [-0.4, -0.2) is 35.8 Å². The number of methoxy groups -OCH3 is 2. The topological polar surface area (TPSA) is 106 Å². The second-order valence-corrected chi connectivity index (χ2v) is 6.76. The zero-order valence-corrected chi connectivity index (χ0v) is 17.1. The first-order valence-corrected chi connectivity index (χ1v) is 9.75. The standard InChI is InChI=1S/C21H18N4O4S/c1-27-15-9-16(28-2)11-17(10-15)29-20-7-8-23-21(25-20)30-13-19(26)24-18-6-4-3-5-14(18)12-22/h3-11H,13H2,1-2H3,(H,24,26). The second kappa shape index (κ2) is 10.1. The fourth-order valence-electron chi connectivity index (χ4n) is 2.42. The van der Waals surface area contributed by atoms with Crippen LogP contribution in [0.3, 0.4) is 0 Å². The van der Waals surface area contributed by atoms with Gasteiger partial charge in [0.15, 0.2) is 5.16 Å². The lowest BCUT2D eigenvalue weighted by Crippen LogP contribution is -2.15. The van der Waals surface area contributed by atoms with Gasteiger partial charge in [-0.15, -0.1) is 0 Å². The highest BCUT2D eigenvalue weighted by atomic mass is 32.2. The van der Waals surface area contributed by atoms with E-state index in [0.717, 1.165) is 11.8 Å². The van der Waals surface area contributed by atoms with Crippen molar-refractivity contribution in [2.24, 2.45) is 0 Å². The number of nitrogens with one attached hydrogen (secondary N) is 1. The Labute approximate surface area is 177 Å². The van der Waals surface area contributed by atoms with Crippen LogP contribution in [0.2, 0.25) is 0 Å². The number of para-hydroxylation sites is 1. The van der Waals surface area contributed by atoms with Crippen molar-refractivity contribution in [2.45, 2.75) is 5.16 Å². The molecule has 0 radical (unpaired) electrons. The largest absolute Gasteiger partial charge is 0.496 e. The zero-order chi connectivity index (χ0) is 21.3. The molecule has 0 fully saturated rings. The predicted octanol–water partition coefficient (Wildman–Crippen LogP) is 3.89. The quantitative estimate of drug-likeness (QED) is 0.430. The van der Waals surface area contributed by atoms with Gasteiger partial charge in [0, 0.05) is 30.5 Å². The maximum Gasteiger partial charge on any atom is 0.234 e. The van der Waals surface area contributed by atoms with Gasteiger partial charge in [0.2, 0.25) is 11.8 Å². The van der Waals surface area contributed by atoms with Crippen molar-refractivity contribution < 1.29 is 19.0 Å². The first kappa shape index (κ1) is 21.0. The van der Waals surface area contributed by atoms with Crippen LogP contribution in [0.1, 0.15) is 5.56 Å². The Bertz CT molecular complexity index is 1060. The monoisotopic (exact) mass is 422 g/mol. The molecule has 0 aliphatic carbocycles. The number of aromatic nitrogens is 2. The molecule has 0 saturated heterocycles. The van der Waals surface area contributed by atoms with E-state index in [-0.39, 0.29) is 11.7 Å². The van der Waals surface area contributed by atoms with Gasteiger partial charge < -0.3 is 19.5 Å². The lowest BCUT2D eigenvalue weighted by atomic mass is 10.2. The van der Waals surface area contributed by atoms with Crippen LogP contribution in [0.25, 0.3) is 0 Å². The van der Waals surface area contributed by atoms with Gasteiger partial charge in [-0.1, -0.05) is 23.9 Å². The molecular weight excluding hydrogens is 404 g/mol. The van der Waals surface area contributed by atoms with Crippen LogP contribution in [0.5, 0.6) is 23.1 Å². The number of amides is 1. The van der Waals surface area contributed by atoms with Gasteiger partial charge in [-0.2, -0.15) is 10.2 Å².